The van der Waals surface area contributed by atoms with E-state index in [0.717, 1.165) is 5.39 Å². The molecule has 2 aliphatic rings. The molecule has 9 heteroatoms. The Balaban J connectivity index is 1.31. The number of aromatic hydroxyl groups is 1. The number of rotatable bonds is 3. The van der Waals surface area contributed by atoms with Gasteiger partial charge in [-0.2, -0.15) is 0 Å². The van der Waals surface area contributed by atoms with E-state index in [1.807, 2.05) is 6.07 Å². The number of phenolic OH excluding ortho intramolecular Hbond substituents is 1. The average Bonchev–Trinajstić information content (AvgIpc) is 3.41. The summed E-state index contributed by atoms with van der Waals surface area (Å²) < 4.78 is 67.5. The Morgan fingerprint density at radius 1 is 0.912 bits per heavy atom. The van der Waals surface area contributed by atoms with E-state index in [-0.39, 0.29) is 35.1 Å². The lowest BCUT2D eigenvalue weighted by atomic mass is 10.1. The number of hydrogen-bond donors (Lipinski definition) is 1. The molecule has 1 aliphatic carbocycles. The summed E-state index contributed by atoms with van der Waals surface area (Å²) in [4.78, 5) is 8.65. The van der Waals surface area contributed by atoms with Crippen molar-refractivity contribution in [2.45, 2.75) is 18.6 Å². The van der Waals surface area contributed by atoms with Gasteiger partial charge in [-0.05, 0) is 30.3 Å². The van der Waals surface area contributed by atoms with Crippen molar-refractivity contribution in [3.05, 3.63) is 94.6 Å². The van der Waals surface area contributed by atoms with Crippen LogP contribution >= 0.6 is 0 Å². The number of nitrogens with zero attached hydrogens (tertiary/aromatic N) is 2. The van der Waals surface area contributed by atoms with E-state index >= 15 is 0 Å². The molecule has 0 unspecified atom stereocenters. The van der Waals surface area contributed by atoms with Gasteiger partial charge in [-0.1, -0.05) is 18.2 Å². The number of halogens is 4. The van der Waals surface area contributed by atoms with Crippen molar-refractivity contribution in [2.75, 3.05) is 0 Å². The van der Waals surface area contributed by atoms with Crippen LogP contribution in [0.25, 0.3) is 10.9 Å². The average molecular weight is 466 g/mol. The van der Waals surface area contributed by atoms with Crippen LogP contribution in [0.2, 0.25) is 0 Å². The molecule has 34 heavy (non-hydrogen) atoms. The van der Waals surface area contributed by atoms with E-state index in [1.54, 1.807) is 42.5 Å². The molecule has 2 heterocycles. The summed E-state index contributed by atoms with van der Waals surface area (Å²) in [5.41, 5.74) is 0.325. The number of benzene rings is 3. The molecule has 6 rings (SSSR count). The quantitative estimate of drug-likeness (QED) is 0.238. The number of fused-ring (bicyclic) bond motifs is 4. The molecule has 0 bridgehead atoms. The maximum absolute atomic E-state index is 14.4. The van der Waals surface area contributed by atoms with Gasteiger partial charge in [0, 0.05) is 34.6 Å². The Morgan fingerprint density at radius 3 is 2.56 bits per heavy atom. The van der Waals surface area contributed by atoms with Gasteiger partial charge in [0.1, 0.15) is 29.2 Å². The largest absolute Gasteiger partial charge is 0.506 e. The molecule has 1 N–H and O–H groups in total. The molecular formula is C25H14F4N2O3. The molecule has 0 spiro atoms. The van der Waals surface area contributed by atoms with Gasteiger partial charge in [-0.15, -0.1) is 0 Å². The van der Waals surface area contributed by atoms with Crippen LogP contribution < -0.4 is 4.74 Å². The highest BCUT2D eigenvalue weighted by molar-refractivity contribution is 5.96. The van der Waals surface area contributed by atoms with Gasteiger partial charge in [0.2, 0.25) is 11.8 Å². The summed E-state index contributed by atoms with van der Waals surface area (Å²) in [5, 5.41) is 10.8. The van der Waals surface area contributed by atoms with Crippen LogP contribution in [0.4, 0.5) is 17.6 Å². The van der Waals surface area contributed by atoms with Gasteiger partial charge in [-0.3, -0.25) is 0 Å². The first-order valence-corrected chi connectivity index (χ1v) is 10.4. The Morgan fingerprint density at radius 2 is 1.71 bits per heavy atom. The highest BCUT2D eigenvalue weighted by Gasteiger charge is 2.45. The van der Waals surface area contributed by atoms with Crippen molar-refractivity contribution >= 4 is 16.8 Å². The Hall–Kier alpha value is -4.14. The lowest BCUT2D eigenvalue weighted by Gasteiger charge is -2.10. The monoisotopic (exact) mass is 466 g/mol. The van der Waals surface area contributed by atoms with E-state index in [1.165, 1.54) is 6.07 Å². The third kappa shape index (κ3) is 3.07. The van der Waals surface area contributed by atoms with Crippen LogP contribution in [0, 0.1) is 23.3 Å². The highest BCUT2D eigenvalue weighted by Crippen LogP contribution is 2.44. The molecule has 1 aromatic heterocycles. The minimum Gasteiger partial charge on any atom is -0.506 e. The summed E-state index contributed by atoms with van der Waals surface area (Å²) in [6, 6.07) is 14.2. The number of para-hydroxylation sites is 1. The fourth-order valence-corrected chi connectivity index (χ4v) is 4.38. The van der Waals surface area contributed by atoms with E-state index < -0.39 is 35.4 Å². The van der Waals surface area contributed by atoms with Gasteiger partial charge in [0.15, 0.2) is 23.3 Å². The first-order chi connectivity index (χ1) is 16.4. The second-order valence-electron chi connectivity index (χ2n) is 8.02. The smallest absolute Gasteiger partial charge is 0.219 e. The maximum Gasteiger partial charge on any atom is 0.219 e. The van der Waals surface area contributed by atoms with Crippen molar-refractivity contribution in [1.29, 1.82) is 0 Å². The predicted octanol–water partition coefficient (Wildman–Crippen LogP) is 5.73. The van der Waals surface area contributed by atoms with Crippen molar-refractivity contribution < 1.29 is 32.1 Å². The summed E-state index contributed by atoms with van der Waals surface area (Å²) in [6.45, 7) is 0. The van der Waals surface area contributed by atoms with E-state index in [0.29, 0.717) is 16.8 Å². The van der Waals surface area contributed by atoms with Crippen LogP contribution in [-0.4, -0.2) is 22.1 Å². The molecule has 170 valence electrons. The summed E-state index contributed by atoms with van der Waals surface area (Å²) >= 11 is 0. The summed E-state index contributed by atoms with van der Waals surface area (Å²) in [5.74, 6) is -5.72. The van der Waals surface area contributed by atoms with E-state index in [2.05, 4.69) is 9.98 Å². The molecule has 5 nitrogen and oxygen atoms in total. The van der Waals surface area contributed by atoms with Gasteiger partial charge >= 0.3 is 0 Å². The fourth-order valence-electron chi connectivity index (χ4n) is 4.38. The third-order valence-corrected chi connectivity index (χ3v) is 5.95. The molecule has 0 amide bonds. The molecule has 1 aliphatic heterocycles. The zero-order valence-electron chi connectivity index (χ0n) is 17.2. The Labute approximate surface area is 189 Å². The number of pyridine rings is 1. The van der Waals surface area contributed by atoms with Crippen LogP contribution in [0.1, 0.15) is 22.7 Å². The molecule has 4 aromatic rings. The van der Waals surface area contributed by atoms with Crippen molar-refractivity contribution in [1.82, 2.24) is 4.98 Å². The second kappa shape index (κ2) is 7.44. The van der Waals surface area contributed by atoms with Crippen molar-refractivity contribution in [3.8, 4) is 17.4 Å². The van der Waals surface area contributed by atoms with Gasteiger partial charge in [-0.25, -0.2) is 27.5 Å². The van der Waals surface area contributed by atoms with Crippen LogP contribution in [0.15, 0.2) is 59.6 Å². The Kier molecular flexibility index (Phi) is 4.48. The fraction of sp³-hybridized carbons (Fsp3) is 0.120. The molecule has 0 radical (unpaired) electrons. The molecule has 0 saturated heterocycles. The number of hydrogen-bond acceptors (Lipinski definition) is 5. The normalized spacial score (nSPS) is 18.4. The first kappa shape index (κ1) is 20.5. The van der Waals surface area contributed by atoms with Crippen molar-refractivity contribution in [3.63, 3.8) is 0 Å². The number of phenols is 1. The number of aromatic nitrogens is 1. The highest BCUT2D eigenvalue weighted by atomic mass is 19.2. The number of ether oxygens (including phenoxy) is 2. The van der Waals surface area contributed by atoms with Gasteiger partial charge < -0.3 is 14.6 Å². The Bertz CT molecular complexity index is 1520. The van der Waals surface area contributed by atoms with Gasteiger partial charge in [0.25, 0.3) is 0 Å². The van der Waals surface area contributed by atoms with Gasteiger partial charge in [0.05, 0.1) is 0 Å². The third-order valence-electron chi connectivity index (χ3n) is 5.95. The van der Waals surface area contributed by atoms with Crippen LogP contribution in [0.5, 0.6) is 17.4 Å². The lowest BCUT2D eigenvalue weighted by molar-refractivity contribution is 0.205. The van der Waals surface area contributed by atoms with Crippen molar-refractivity contribution in [2.24, 2.45) is 4.99 Å². The molecule has 2 atom stereocenters. The second-order valence-corrected chi connectivity index (χ2v) is 8.02. The summed E-state index contributed by atoms with van der Waals surface area (Å²) in [6.07, 6.45) is -0.905. The molecule has 3 aromatic carbocycles. The predicted molar refractivity (Wildman–Crippen MR) is 114 cm³/mol. The zero-order valence-corrected chi connectivity index (χ0v) is 17.2. The lowest BCUT2D eigenvalue weighted by Crippen LogP contribution is -2.13. The topological polar surface area (TPSA) is 63.9 Å². The van der Waals surface area contributed by atoms with Crippen LogP contribution in [0.3, 0.4) is 0 Å². The van der Waals surface area contributed by atoms with E-state index in [4.69, 9.17) is 9.47 Å². The molecular weight excluding hydrogens is 452 g/mol. The SMILES string of the molecule is Oc1cccc2ccc(Oc3cccc(C4=N[C@H]5c6c(F)c(F)c(F)c(F)c6C[C@H]5O4)c3)nc12. The number of aliphatic imine (C=N–C) groups is 1. The van der Waals surface area contributed by atoms with Crippen LogP contribution in [-0.2, 0) is 11.2 Å². The summed E-state index contributed by atoms with van der Waals surface area (Å²) in [7, 11) is 0. The minimum atomic E-state index is -1.86. The molecule has 0 fully saturated rings. The standard InChI is InChI=1S/C25H14F4N2O3/c26-19-14-10-16-24(18(14)20(27)22(29)21(19)28)31-25(34-16)12-4-1-5-13(9-12)33-17-8-7-11-3-2-6-15(32)23(11)30-17/h1-9,16,24,32H,10H2/t16-,24-/m1/s1. The maximum atomic E-state index is 14.4. The first-order valence-electron chi connectivity index (χ1n) is 10.4. The minimum absolute atomic E-state index is 0.0252. The zero-order chi connectivity index (χ0) is 23.6. The molecule has 0 saturated carbocycles. The van der Waals surface area contributed by atoms with E-state index in [9.17, 15) is 22.7 Å².